The Morgan fingerprint density at radius 3 is 2.39 bits per heavy atom. The van der Waals surface area contributed by atoms with Gasteiger partial charge in [0.1, 0.15) is 12.4 Å². The molecule has 1 amide bonds. The molecule has 3 rings (SSSR count). The number of hydrogen-bond acceptors (Lipinski definition) is 3. The molecule has 1 aliphatic carbocycles. The fourth-order valence-corrected chi connectivity index (χ4v) is 2.38. The molecule has 2 aromatic rings. The van der Waals surface area contributed by atoms with Crippen molar-refractivity contribution < 1.29 is 14.6 Å². The number of aliphatic hydroxyl groups is 1. The second-order valence-corrected chi connectivity index (χ2v) is 6.14. The summed E-state index contributed by atoms with van der Waals surface area (Å²) in [6.07, 6.45) is 1.96. The van der Waals surface area contributed by atoms with Crippen molar-refractivity contribution in [1.82, 2.24) is 5.32 Å². The molecular weight excluding hydrogens is 290 g/mol. The van der Waals surface area contributed by atoms with Gasteiger partial charge in [0.15, 0.2) is 0 Å². The average Bonchev–Trinajstić information content (AvgIpc) is 3.40. The third kappa shape index (κ3) is 4.11. The van der Waals surface area contributed by atoms with Gasteiger partial charge in [-0.05, 0) is 42.7 Å². The number of carbonyl (C=O) groups is 1. The molecule has 0 radical (unpaired) electrons. The minimum Gasteiger partial charge on any atom is -0.489 e. The third-order valence-electron chi connectivity index (χ3n) is 4.28. The van der Waals surface area contributed by atoms with Gasteiger partial charge in [0.25, 0.3) is 5.91 Å². The minimum absolute atomic E-state index is 0.0750. The number of nitrogens with one attached hydrogen (secondary N) is 1. The fraction of sp³-hybridized carbons (Fsp3) is 0.316. The highest BCUT2D eigenvalue weighted by atomic mass is 16.5. The number of hydrogen-bond donors (Lipinski definition) is 2. The largest absolute Gasteiger partial charge is 0.489 e. The van der Waals surface area contributed by atoms with Gasteiger partial charge in [-0.25, -0.2) is 0 Å². The van der Waals surface area contributed by atoms with Crippen molar-refractivity contribution >= 4 is 5.91 Å². The Balaban J connectivity index is 1.51. The Bertz CT molecular complexity index is 648. The summed E-state index contributed by atoms with van der Waals surface area (Å²) < 4.78 is 5.70. The van der Waals surface area contributed by atoms with E-state index in [1.165, 1.54) is 0 Å². The quantitative estimate of drug-likeness (QED) is 0.826. The number of aliphatic hydroxyl groups excluding tert-OH is 1. The molecule has 1 saturated carbocycles. The Labute approximate surface area is 136 Å². The van der Waals surface area contributed by atoms with Gasteiger partial charge in [-0.1, -0.05) is 30.3 Å². The molecule has 0 atom stereocenters. The Morgan fingerprint density at radius 1 is 1.09 bits per heavy atom. The second kappa shape index (κ2) is 6.84. The van der Waals surface area contributed by atoms with Crippen molar-refractivity contribution in [3.63, 3.8) is 0 Å². The molecule has 23 heavy (non-hydrogen) atoms. The summed E-state index contributed by atoms with van der Waals surface area (Å²) in [6, 6.07) is 17.1. The van der Waals surface area contributed by atoms with Crippen molar-refractivity contribution in [2.75, 3.05) is 13.2 Å². The summed E-state index contributed by atoms with van der Waals surface area (Å²) in [6.45, 7) is 1.18. The molecule has 0 bridgehead atoms. The zero-order chi connectivity index (χ0) is 16.1. The smallest absolute Gasteiger partial charge is 0.251 e. The first-order valence-electron chi connectivity index (χ1n) is 7.87. The molecule has 0 saturated heterocycles. The summed E-state index contributed by atoms with van der Waals surface area (Å²) >= 11 is 0. The van der Waals surface area contributed by atoms with Crippen LogP contribution in [0.3, 0.4) is 0 Å². The monoisotopic (exact) mass is 311 g/mol. The van der Waals surface area contributed by atoms with Crippen LogP contribution in [0.25, 0.3) is 0 Å². The van der Waals surface area contributed by atoms with Crippen LogP contribution >= 0.6 is 0 Å². The molecule has 2 aromatic carbocycles. The average molecular weight is 311 g/mol. The maximum Gasteiger partial charge on any atom is 0.251 e. The van der Waals surface area contributed by atoms with E-state index in [1.807, 2.05) is 30.3 Å². The van der Waals surface area contributed by atoms with Crippen LogP contribution in [0.5, 0.6) is 5.75 Å². The van der Waals surface area contributed by atoms with Crippen molar-refractivity contribution in [3.05, 3.63) is 65.7 Å². The third-order valence-corrected chi connectivity index (χ3v) is 4.28. The highest BCUT2D eigenvalue weighted by Gasteiger charge is 2.42. The molecule has 0 unspecified atom stereocenters. The molecule has 4 nitrogen and oxygen atoms in total. The van der Waals surface area contributed by atoms with E-state index in [2.05, 4.69) is 5.32 Å². The van der Waals surface area contributed by atoms with E-state index < -0.39 is 0 Å². The molecule has 0 heterocycles. The Kier molecular flexibility index (Phi) is 4.63. The topological polar surface area (TPSA) is 58.6 Å². The zero-order valence-corrected chi connectivity index (χ0v) is 13.0. The van der Waals surface area contributed by atoms with E-state index in [9.17, 15) is 9.90 Å². The van der Waals surface area contributed by atoms with Crippen LogP contribution in [-0.4, -0.2) is 24.2 Å². The van der Waals surface area contributed by atoms with Gasteiger partial charge < -0.3 is 15.2 Å². The maximum absolute atomic E-state index is 12.1. The Morgan fingerprint density at radius 2 is 1.78 bits per heavy atom. The zero-order valence-electron chi connectivity index (χ0n) is 13.0. The SMILES string of the molecule is O=C(NCC1(CO)CC1)c1ccc(OCc2ccccc2)cc1. The molecule has 1 fully saturated rings. The van der Waals surface area contributed by atoms with E-state index >= 15 is 0 Å². The predicted octanol–water partition coefficient (Wildman–Crippen LogP) is 2.77. The van der Waals surface area contributed by atoms with Gasteiger partial charge in [-0.3, -0.25) is 4.79 Å². The molecule has 1 aliphatic rings. The van der Waals surface area contributed by atoms with E-state index in [0.29, 0.717) is 18.7 Å². The normalized spacial score (nSPS) is 15.0. The van der Waals surface area contributed by atoms with E-state index in [1.54, 1.807) is 24.3 Å². The van der Waals surface area contributed by atoms with E-state index in [-0.39, 0.29) is 17.9 Å². The molecule has 120 valence electrons. The minimum atomic E-state index is -0.112. The van der Waals surface area contributed by atoms with Crippen molar-refractivity contribution in [1.29, 1.82) is 0 Å². The molecule has 0 spiro atoms. The van der Waals surface area contributed by atoms with Crippen molar-refractivity contribution in [3.8, 4) is 5.75 Å². The molecular formula is C19H21NO3. The van der Waals surface area contributed by atoms with Gasteiger partial charge in [-0.2, -0.15) is 0 Å². The lowest BCUT2D eigenvalue weighted by Crippen LogP contribution is -2.31. The second-order valence-electron chi connectivity index (χ2n) is 6.14. The number of benzene rings is 2. The lowest BCUT2D eigenvalue weighted by atomic mass is 10.1. The van der Waals surface area contributed by atoms with Gasteiger partial charge in [0.05, 0.1) is 6.61 Å². The van der Waals surface area contributed by atoms with Gasteiger partial charge in [-0.15, -0.1) is 0 Å². The summed E-state index contributed by atoms with van der Waals surface area (Å²) in [4.78, 5) is 12.1. The standard InChI is InChI=1S/C19H21NO3/c21-14-19(10-11-19)13-20-18(22)16-6-8-17(9-7-16)23-12-15-4-2-1-3-5-15/h1-9,21H,10-14H2,(H,20,22). The molecule has 0 aliphatic heterocycles. The van der Waals surface area contributed by atoms with Gasteiger partial charge >= 0.3 is 0 Å². The van der Waals surface area contributed by atoms with Crippen molar-refractivity contribution in [2.45, 2.75) is 19.4 Å². The van der Waals surface area contributed by atoms with Gasteiger partial charge in [0, 0.05) is 17.5 Å². The first kappa shape index (κ1) is 15.6. The van der Waals surface area contributed by atoms with E-state index in [0.717, 1.165) is 24.2 Å². The summed E-state index contributed by atoms with van der Waals surface area (Å²) in [7, 11) is 0. The van der Waals surface area contributed by atoms with Crippen LogP contribution in [0, 0.1) is 5.41 Å². The van der Waals surface area contributed by atoms with Gasteiger partial charge in [0.2, 0.25) is 0 Å². The van der Waals surface area contributed by atoms with Crippen molar-refractivity contribution in [2.24, 2.45) is 5.41 Å². The van der Waals surface area contributed by atoms with Crippen LogP contribution in [-0.2, 0) is 6.61 Å². The van der Waals surface area contributed by atoms with Crippen LogP contribution < -0.4 is 10.1 Å². The number of rotatable bonds is 7. The molecule has 2 N–H and O–H groups in total. The van der Waals surface area contributed by atoms with Crippen LogP contribution in [0.15, 0.2) is 54.6 Å². The summed E-state index contributed by atoms with van der Waals surface area (Å²) in [5, 5.41) is 12.2. The highest BCUT2D eigenvalue weighted by molar-refractivity contribution is 5.94. The van der Waals surface area contributed by atoms with Crippen LogP contribution in [0.2, 0.25) is 0 Å². The van der Waals surface area contributed by atoms with Crippen LogP contribution in [0.1, 0.15) is 28.8 Å². The first-order chi connectivity index (χ1) is 11.2. The maximum atomic E-state index is 12.1. The Hall–Kier alpha value is -2.33. The number of ether oxygens (including phenoxy) is 1. The van der Waals surface area contributed by atoms with E-state index in [4.69, 9.17) is 4.74 Å². The lowest BCUT2D eigenvalue weighted by Gasteiger charge is -2.13. The summed E-state index contributed by atoms with van der Waals surface area (Å²) in [5.41, 5.74) is 1.63. The molecule has 4 heteroatoms. The molecule has 0 aromatic heterocycles. The number of carbonyl (C=O) groups excluding carboxylic acids is 1. The van der Waals surface area contributed by atoms with Crippen LogP contribution in [0.4, 0.5) is 0 Å². The highest BCUT2D eigenvalue weighted by Crippen LogP contribution is 2.44. The number of amides is 1. The first-order valence-corrected chi connectivity index (χ1v) is 7.87. The lowest BCUT2D eigenvalue weighted by molar-refractivity contribution is 0.0935. The summed E-state index contributed by atoms with van der Waals surface area (Å²) in [5.74, 6) is 0.624. The predicted molar refractivity (Wildman–Crippen MR) is 88.3 cm³/mol. The fourth-order valence-electron chi connectivity index (χ4n) is 2.38.